The summed E-state index contributed by atoms with van der Waals surface area (Å²) in [6.45, 7) is 10.2. The molecule has 5 heteroatoms. The van der Waals surface area contributed by atoms with E-state index in [0.717, 1.165) is 6.08 Å². The van der Waals surface area contributed by atoms with Gasteiger partial charge in [-0.05, 0) is 24.8 Å². The largest absolute Gasteiger partial charge is 0.451 e. The molecule has 114 valence electrons. The lowest BCUT2D eigenvalue weighted by molar-refractivity contribution is -0.174. The number of allylic oxidation sites excluding steroid dienone is 1. The van der Waals surface area contributed by atoms with Crippen molar-refractivity contribution in [2.75, 3.05) is 0 Å². The molecule has 0 N–H and O–H groups in total. The molecule has 0 heterocycles. The number of ketones is 1. The molecule has 1 atom stereocenters. The number of halogens is 2. The molecule has 0 aliphatic carbocycles. The standard InChI is InChI=1S/C15H22F2O3/c1-5-7-8-9-12(18)15(16,17)13(6-2)20-14(19)10-11(3)4/h5-6,11,13H,1-2,7-10H2,3-4H3. The third-order valence-electron chi connectivity index (χ3n) is 2.59. The second-order valence-corrected chi connectivity index (χ2v) is 4.97. The van der Waals surface area contributed by atoms with E-state index in [1.54, 1.807) is 19.9 Å². The number of hydrogen-bond donors (Lipinski definition) is 0. The van der Waals surface area contributed by atoms with Crippen molar-refractivity contribution in [3.63, 3.8) is 0 Å². The van der Waals surface area contributed by atoms with Gasteiger partial charge in [0.2, 0.25) is 5.78 Å². The smallest absolute Gasteiger partial charge is 0.344 e. The quantitative estimate of drug-likeness (QED) is 0.350. The van der Waals surface area contributed by atoms with Gasteiger partial charge in [-0.1, -0.05) is 26.5 Å². The van der Waals surface area contributed by atoms with Gasteiger partial charge in [-0.15, -0.1) is 6.58 Å². The van der Waals surface area contributed by atoms with Gasteiger partial charge < -0.3 is 4.74 Å². The molecule has 0 saturated carbocycles. The van der Waals surface area contributed by atoms with E-state index < -0.39 is 23.8 Å². The van der Waals surface area contributed by atoms with Crippen molar-refractivity contribution >= 4 is 11.8 Å². The Hall–Kier alpha value is -1.52. The molecule has 0 aromatic heterocycles. The molecule has 3 nitrogen and oxygen atoms in total. The monoisotopic (exact) mass is 288 g/mol. The lowest BCUT2D eigenvalue weighted by atomic mass is 10.0. The average Bonchev–Trinajstić information content (AvgIpc) is 2.34. The molecule has 0 aromatic rings. The summed E-state index contributed by atoms with van der Waals surface area (Å²) in [6.07, 6.45) is 0.943. The van der Waals surface area contributed by atoms with Gasteiger partial charge in [0.25, 0.3) is 0 Å². The van der Waals surface area contributed by atoms with Crippen molar-refractivity contribution < 1.29 is 23.1 Å². The summed E-state index contributed by atoms with van der Waals surface area (Å²) < 4.78 is 32.4. The molecule has 0 fully saturated rings. The number of hydrogen-bond acceptors (Lipinski definition) is 3. The van der Waals surface area contributed by atoms with Crippen molar-refractivity contribution in [2.45, 2.75) is 51.6 Å². The van der Waals surface area contributed by atoms with Gasteiger partial charge in [-0.3, -0.25) is 9.59 Å². The zero-order valence-corrected chi connectivity index (χ0v) is 12.0. The van der Waals surface area contributed by atoms with Crippen LogP contribution in [0, 0.1) is 5.92 Å². The molecular weight excluding hydrogens is 266 g/mol. The second kappa shape index (κ2) is 8.61. The Labute approximate surface area is 118 Å². The number of carbonyl (C=O) groups excluding carboxylic acids is 2. The molecule has 0 aliphatic rings. The molecule has 1 unspecified atom stereocenters. The summed E-state index contributed by atoms with van der Waals surface area (Å²) in [6, 6.07) is 0. The fraction of sp³-hybridized carbons (Fsp3) is 0.600. The van der Waals surface area contributed by atoms with Crippen LogP contribution in [0.4, 0.5) is 8.78 Å². The van der Waals surface area contributed by atoms with Crippen molar-refractivity contribution in [1.82, 2.24) is 0 Å². The molecule has 0 spiro atoms. The predicted molar refractivity (Wildman–Crippen MR) is 73.5 cm³/mol. The summed E-state index contributed by atoms with van der Waals surface area (Å²) in [5, 5.41) is 0. The maximum atomic E-state index is 13.9. The van der Waals surface area contributed by atoms with E-state index in [-0.39, 0.29) is 18.8 Å². The fourth-order valence-corrected chi connectivity index (χ4v) is 1.53. The summed E-state index contributed by atoms with van der Waals surface area (Å²) >= 11 is 0. The normalized spacial score (nSPS) is 12.8. The maximum Gasteiger partial charge on any atom is 0.344 e. The van der Waals surface area contributed by atoms with Crippen LogP contribution in [0.3, 0.4) is 0 Å². The highest BCUT2D eigenvalue weighted by Crippen LogP contribution is 2.26. The number of esters is 1. The van der Waals surface area contributed by atoms with Crippen LogP contribution in [0.2, 0.25) is 0 Å². The van der Waals surface area contributed by atoms with Gasteiger partial charge in [-0.25, -0.2) is 0 Å². The Balaban J connectivity index is 4.66. The highest BCUT2D eigenvalue weighted by Gasteiger charge is 2.47. The van der Waals surface area contributed by atoms with Crippen molar-refractivity contribution in [1.29, 1.82) is 0 Å². The number of ether oxygens (including phenoxy) is 1. The van der Waals surface area contributed by atoms with Crippen LogP contribution < -0.4 is 0 Å². The molecular formula is C15H22F2O3. The predicted octanol–water partition coefficient (Wildman–Crippen LogP) is 3.69. The maximum absolute atomic E-state index is 13.9. The summed E-state index contributed by atoms with van der Waals surface area (Å²) in [5.74, 6) is -5.76. The first-order valence-corrected chi connectivity index (χ1v) is 6.59. The molecule has 0 rings (SSSR count). The Morgan fingerprint density at radius 2 is 1.90 bits per heavy atom. The fourth-order valence-electron chi connectivity index (χ4n) is 1.53. The Kier molecular flexibility index (Phi) is 7.96. The summed E-state index contributed by atoms with van der Waals surface area (Å²) in [4.78, 5) is 22.9. The minimum atomic E-state index is -3.74. The van der Waals surface area contributed by atoms with Gasteiger partial charge in [0.05, 0.1) is 0 Å². The van der Waals surface area contributed by atoms with Gasteiger partial charge >= 0.3 is 11.9 Å². The molecule has 0 aromatic carbocycles. The first kappa shape index (κ1) is 18.5. The van der Waals surface area contributed by atoms with Crippen LogP contribution in [0.15, 0.2) is 25.3 Å². The number of unbranched alkanes of at least 4 members (excludes halogenated alkanes) is 1. The van der Waals surface area contributed by atoms with E-state index in [0.29, 0.717) is 12.8 Å². The van der Waals surface area contributed by atoms with Gasteiger partial charge in [0, 0.05) is 12.8 Å². The SMILES string of the molecule is C=CCCCC(=O)C(F)(F)C(C=C)OC(=O)CC(C)C. The van der Waals surface area contributed by atoms with Crippen LogP contribution in [0.5, 0.6) is 0 Å². The Bertz CT molecular complexity index is 362. The minimum Gasteiger partial charge on any atom is -0.451 e. The third kappa shape index (κ3) is 6.08. The van der Waals surface area contributed by atoms with E-state index in [4.69, 9.17) is 0 Å². The highest BCUT2D eigenvalue weighted by atomic mass is 19.3. The lowest BCUT2D eigenvalue weighted by Gasteiger charge is -2.23. The van der Waals surface area contributed by atoms with Crippen LogP contribution >= 0.6 is 0 Å². The molecule has 0 amide bonds. The molecule has 0 aliphatic heterocycles. The average molecular weight is 288 g/mol. The molecule has 0 saturated heterocycles. The van der Waals surface area contributed by atoms with Crippen LogP contribution in [0.1, 0.15) is 39.5 Å². The van der Waals surface area contributed by atoms with E-state index in [2.05, 4.69) is 17.9 Å². The summed E-state index contributed by atoms with van der Waals surface area (Å²) in [7, 11) is 0. The van der Waals surface area contributed by atoms with Crippen molar-refractivity contribution in [2.24, 2.45) is 5.92 Å². The summed E-state index contributed by atoms with van der Waals surface area (Å²) in [5.41, 5.74) is 0. The Morgan fingerprint density at radius 1 is 1.30 bits per heavy atom. The highest BCUT2D eigenvalue weighted by molar-refractivity contribution is 5.87. The topological polar surface area (TPSA) is 43.4 Å². The lowest BCUT2D eigenvalue weighted by Crippen LogP contribution is -2.43. The van der Waals surface area contributed by atoms with Crippen molar-refractivity contribution in [3.05, 3.63) is 25.3 Å². The Morgan fingerprint density at radius 3 is 2.35 bits per heavy atom. The number of alkyl halides is 2. The number of carbonyl (C=O) groups is 2. The van der Waals surface area contributed by atoms with Crippen LogP contribution in [-0.2, 0) is 14.3 Å². The van der Waals surface area contributed by atoms with Crippen LogP contribution in [-0.4, -0.2) is 23.8 Å². The van der Waals surface area contributed by atoms with Gasteiger partial charge in [0.1, 0.15) is 0 Å². The second-order valence-electron chi connectivity index (χ2n) is 4.97. The molecule has 0 radical (unpaired) electrons. The van der Waals surface area contributed by atoms with E-state index in [9.17, 15) is 18.4 Å². The third-order valence-corrected chi connectivity index (χ3v) is 2.59. The first-order chi connectivity index (χ1) is 9.25. The van der Waals surface area contributed by atoms with E-state index >= 15 is 0 Å². The van der Waals surface area contributed by atoms with Gasteiger partial charge in [0.15, 0.2) is 6.10 Å². The zero-order valence-electron chi connectivity index (χ0n) is 12.0. The van der Waals surface area contributed by atoms with E-state index in [1.807, 2.05) is 0 Å². The molecule has 20 heavy (non-hydrogen) atoms. The zero-order chi connectivity index (χ0) is 15.8. The minimum absolute atomic E-state index is 0.00937. The van der Waals surface area contributed by atoms with Gasteiger partial charge in [-0.2, -0.15) is 8.78 Å². The number of Topliss-reactive ketones (excluding diaryl/α,β-unsaturated/α-hetero) is 1. The van der Waals surface area contributed by atoms with Crippen LogP contribution in [0.25, 0.3) is 0 Å². The first-order valence-electron chi connectivity index (χ1n) is 6.59. The number of rotatable bonds is 10. The molecule has 0 bridgehead atoms. The van der Waals surface area contributed by atoms with Crippen molar-refractivity contribution in [3.8, 4) is 0 Å². The van der Waals surface area contributed by atoms with E-state index in [1.165, 1.54) is 0 Å².